The van der Waals surface area contributed by atoms with Gasteiger partial charge in [0.25, 0.3) is 0 Å². The van der Waals surface area contributed by atoms with E-state index < -0.39 is 0 Å². The van der Waals surface area contributed by atoms with E-state index in [-0.39, 0.29) is 11.9 Å². The van der Waals surface area contributed by atoms with E-state index in [0.717, 1.165) is 46.6 Å². The number of carbonyl (C=O) groups is 1. The Morgan fingerprint density at radius 3 is 2.67 bits per heavy atom. The maximum Gasteiger partial charge on any atom is 0.225 e. The summed E-state index contributed by atoms with van der Waals surface area (Å²) in [6.45, 7) is 6.15. The molecule has 170 valence electrons. The van der Waals surface area contributed by atoms with Gasteiger partial charge in [-0.05, 0) is 80.0 Å². The second-order valence-electron chi connectivity index (χ2n) is 9.13. The number of amides is 1. The van der Waals surface area contributed by atoms with Crippen LogP contribution >= 0.6 is 0 Å². The van der Waals surface area contributed by atoms with Gasteiger partial charge in [0.2, 0.25) is 5.91 Å². The van der Waals surface area contributed by atoms with Crippen LogP contribution in [0.25, 0.3) is 10.9 Å². The number of aromatic nitrogens is 1. The predicted octanol–water partition coefficient (Wildman–Crippen LogP) is 5.82. The molecule has 0 radical (unpaired) electrons. The highest BCUT2D eigenvalue weighted by Crippen LogP contribution is 2.34. The van der Waals surface area contributed by atoms with Crippen LogP contribution in [0.5, 0.6) is 0 Å². The largest absolute Gasteiger partial charge is 0.464 e. The summed E-state index contributed by atoms with van der Waals surface area (Å²) in [6, 6.07) is 18.3. The maximum atomic E-state index is 13.2. The Hall–Kier alpha value is -3.47. The number of rotatable bonds is 6. The Bertz CT molecular complexity index is 1260. The number of H-pyrrole nitrogens is 1. The van der Waals surface area contributed by atoms with Crippen LogP contribution in [-0.2, 0) is 11.2 Å². The van der Waals surface area contributed by atoms with E-state index in [2.05, 4.69) is 46.4 Å². The number of hydrogen-bond donors (Lipinski definition) is 2. The van der Waals surface area contributed by atoms with E-state index in [1.54, 1.807) is 0 Å². The summed E-state index contributed by atoms with van der Waals surface area (Å²) >= 11 is 0. The van der Waals surface area contributed by atoms with Crippen LogP contribution in [0.15, 0.2) is 65.2 Å². The van der Waals surface area contributed by atoms with E-state index in [1.165, 1.54) is 30.5 Å². The van der Waals surface area contributed by atoms with Crippen molar-refractivity contribution in [3.05, 3.63) is 89.0 Å². The van der Waals surface area contributed by atoms with Crippen molar-refractivity contribution >= 4 is 22.5 Å². The highest BCUT2D eigenvalue weighted by atomic mass is 16.3. The van der Waals surface area contributed by atoms with Crippen molar-refractivity contribution < 1.29 is 9.21 Å². The van der Waals surface area contributed by atoms with Gasteiger partial charge in [-0.25, -0.2) is 0 Å². The molecule has 0 saturated carbocycles. The summed E-state index contributed by atoms with van der Waals surface area (Å²) in [7, 11) is 0. The number of piperidine rings is 1. The van der Waals surface area contributed by atoms with Gasteiger partial charge in [0, 0.05) is 36.1 Å². The summed E-state index contributed by atoms with van der Waals surface area (Å²) in [5.41, 5.74) is 5.53. The molecule has 1 atom stereocenters. The first kappa shape index (κ1) is 21.4. The first-order valence-electron chi connectivity index (χ1n) is 11.8. The first-order chi connectivity index (χ1) is 16.1. The highest BCUT2D eigenvalue weighted by Gasteiger charge is 2.26. The lowest BCUT2D eigenvalue weighted by atomic mass is 9.97. The molecule has 4 aromatic rings. The van der Waals surface area contributed by atoms with Gasteiger partial charge in [-0.1, -0.05) is 24.3 Å². The topological polar surface area (TPSA) is 61.3 Å². The van der Waals surface area contributed by atoms with Gasteiger partial charge in [-0.15, -0.1) is 0 Å². The zero-order chi connectivity index (χ0) is 22.8. The molecule has 2 aromatic carbocycles. The normalized spacial score (nSPS) is 15.0. The maximum absolute atomic E-state index is 13.2. The molecule has 5 rings (SSSR count). The average molecular weight is 442 g/mol. The third kappa shape index (κ3) is 4.68. The summed E-state index contributed by atoms with van der Waals surface area (Å²) in [5.74, 6) is 1.58. The van der Waals surface area contributed by atoms with Gasteiger partial charge in [-0.3, -0.25) is 4.79 Å². The number of benzene rings is 2. The molecule has 1 aliphatic heterocycles. The molecular formula is C28H31N3O2. The van der Waals surface area contributed by atoms with Crippen molar-refractivity contribution in [2.75, 3.05) is 18.0 Å². The molecule has 0 bridgehead atoms. The second kappa shape index (κ2) is 9.18. The van der Waals surface area contributed by atoms with Crippen LogP contribution in [0.4, 0.5) is 5.69 Å². The van der Waals surface area contributed by atoms with Crippen molar-refractivity contribution in [2.45, 2.75) is 45.6 Å². The number of nitrogens with one attached hydrogen (secondary N) is 2. The van der Waals surface area contributed by atoms with Gasteiger partial charge >= 0.3 is 0 Å². The van der Waals surface area contributed by atoms with Gasteiger partial charge in [0.05, 0.1) is 6.42 Å². The van der Waals surface area contributed by atoms with E-state index >= 15 is 0 Å². The Morgan fingerprint density at radius 2 is 1.88 bits per heavy atom. The molecule has 0 spiro atoms. The summed E-state index contributed by atoms with van der Waals surface area (Å²) < 4.78 is 6.03. The van der Waals surface area contributed by atoms with Crippen LogP contribution in [0.2, 0.25) is 0 Å². The number of anilines is 1. The average Bonchev–Trinajstić information content (AvgIpc) is 3.47. The molecular weight excluding hydrogens is 410 g/mol. The summed E-state index contributed by atoms with van der Waals surface area (Å²) in [4.78, 5) is 18.9. The molecule has 2 aromatic heterocycles. The van der Waals surface area contributed by atoms with E-state index in [4.69, 9.17) is 4.42 Å². The number of hydrogen-bond acceptors (Lipinski definition) is 3. The van der Waals surface area contributed by atoms with Crippen molar-refractivity contribution in [3.63, 3.8) is 0 Å². The van der Waals surface area contributed by atoms with Crippen LogP contribution in [0, 0.1) is 13.8 Å². The fourth-order valence-corrected chi connectivity index (χ4v) is 4.82. The Morgan fingerprint density at radius 1 is 1.03 bits per heavy atom. The van der Waals surface area contributed by atoms with Crippen molar-refractivity contribution in [2.24, 2.45) is 0 Å². The molecule has 3 heterocycles. The lowest BCUT2D eigenvalue weighted by molar-refractivity contribution is -0.121. The fourth-order valence-electron chi connectivity index (χ4n) is 4.82. The van der Waals surface area contributed by atoms with Crippen LogP contribution in [0.3, 0.4) is 0 Å². The number of aryl methyl sites for hydroxylation is 2. The quantitative estimate of drug-likeness (QED) is 0.397. The zero-order valence-corrected chi connectivity index (χ0v) is 19.4. The van der Waals surface area contributed by atoms with Crippen LogP contribution in [0.1, 0.15) is 53.5 Å². The first-order valence-corrected chi connectivity index (χ1v) is 11.8. The SMILES string of the molecule is Cc1ccc(C(NC(=O)Cc2ccc3cc[nH]c3c2)c2ccc(C)o2)c(N2CCCCC2)c1. The molecule has 1 amide bonds. The lowest BCUT2D eigenvalue weighted by Gasteiger charge is -2.32. The molecule has 33 heavy (non-hydrogen) atoms. The number of nitrogens with zero attached hydrogens (tertiary/aromatic N) is 1. The third-order valence-corrected chi connectivity index (χ3v) is 6.53. The number of carbonyl (C=O) groups excluding carboxylic acids is 1. The monoisotopic (exact) mass is 441 g/mol. The highest BCUT2D eigenvalue weighted by molar-refractivity contribution is 5.84. The predicted molar refractivity (Wildman–Crippen MR) is 133 cm³/mol. The Kier molecular flexibility index (Phi) is 5.95. The van der Waals surface area contributed by atoms with Gasteiger partial charge in [0.15, 0.2) is 0 Å². The molecule has 0 aliphatic carbocycles. The minimum atomic E-state index is -0.335. The minimum absolute atomic E-state index is 0.0230. The third-order valence-electron chi connectivity index (χ3n) is 6.53. The summed E-state index contributed by atoms with van der Waals surface area (Å²) in [6.07, 6.45) is 5.91. The molecule has 5 nitrogen and oxygen atoms in total. The van der Waals surface area contributed by atoms with E-state index in [0.29, 0.717) is 6.42 Å². The van der Waals surface area contributed by atoms with Crippen LogP contribution < -0.4 is 10.2 Å². The Balaban J connectivity index is 1.46. The minimum Gasteiger partial charge on any atom is -0.464 e. The lowest BCUT2D eigenvalue weighted by Crippen LogP contribution is -2.34. The molecule has 1 unspecified atom stereocenters. The van der Waals surface area contributed by atoms with Crippen molar-refractivity contribution in [3.8, 4) is 0 Å². The number of aromatic amines is 1. The molecule has 1 aliphatic rings. The molecule has 2 N–H and O–H groups in total. The molecule has 1 fully saturated rings. The Labute approximate surface area is 194 Å². The second-order valence-corrected chi connectivity index (χ2v) is 9.13. The van der Waals surface area contributed by atoms with Crippen molar-refractivity contribution in [1.29, 1.82) is 0 Å². The molecule has 5 heteroatoms. The number of fused-ring (bicyclic) bond motifs is 1. The smallest absolute Gasteiger partial charge is 0.225 e. The van der Waals surface area contributed by atoms with Crippen LogP contribution in [-0.4, -0.2) is 24.0 Å². The van der Waals surface area contributed by atoms with E-state index in [1.807, 2.05) is 43.5 Å². The van der Waals surface area contributed by atoms with Gasteiger partial charge < -0.3 is 19.6 Å². The van der Waals surface area contributed by atoms with Gasteiger partial charge in [-0.2, -0.15) is 0 Å². The van der Waals surface area contributed by atoms with Gasteiger partial charge in [0.1, 0.15) is 17.6 Å². The fraction of sp³-hybridized carbons (Fsp3) is 0.321. The van der Waals surface area contributed by atoms with Crippen molar-refractivity contribution in [1.82, 2.24) is 10.3 Å². The van der Waals surface area contributed by atoms with E-state index in [9.17, 15) is 4.79 Å². The zero-order valence-electron chi connectivity index (χ0n) is 19.4. The number of furan rings is 1. The standard InChI is InChI=1S/C28H31N3O2/c1-19-6-10-23(25(16-19)31-14-4-3-5-15-31)28(26-11-7-20(2)33-26)30-27(32)18-21-8-9-22-12-13-29-24(22)17-21/h6-13,16-17,28-29H,3-5,14-15,18H2,1-2H3,(H,30,32). The summed E-state index contributed by atoms with van der Waals surface area (Å²) in [5, 5.41) is 4.43. The molecule has 1 saturated heterocycles.